The number of carbonyl (C=O) groups is 1. The van der Waals surface area contributed by atoms with Crippen molar-refractivity contribution in [2.45, 2.75) is 37.5 Å². The van der Waals surface area contributed by atoms with Crippen LogP contribution in [0.1, 0.15) is 43.2 Å². The standard InChI is InChI=1S/C19H26BrN7O2S/c1-19(2,3)29-18(28)26-5-6-30-13(10-26)15-14(20)16(21)27-17(24-15)12(8-23-27)11-7-22-25(4)9-11/h7-8,11,13H,5-6,9-10,21H2,1-4H3. The molecule has 2 atom stereocenters. The minimum absolute atomic E-state index is 0.0180. The smallest absolute Gasteiger partial charge is 0.410 e. The molecule has 2 aliphatic rings. The third kappa shape index (κ3) is 4.09. The molecule has 2 unspecified atom stereocenters. The predicted octanol–water partition coefficient (Wildman–Crippen LogP) is 3.11. The van der Waals surface area contributed by atoms with Gasteiger partial charge in [0.15, 0.2) is 5.65 Å². The zero-order valence-electron chi connectivity index (χ0n) is 17.5. The highest BCUT2D eigenvalue weighted by atomic mass is 79.9. The average molecular weight is 496 g/mol. The van der Waals surface area contributed by atoms with Crippen molar-refractivity contribution in [1.82, 2.24) is 24.5 Å². The number of carbonyl (C=O) groups excluding carboxylic acids is 1. The Kier molecular flexibility index (Phi) is 5.60. The van der Waals surface area contributed by atoms with Gasteiger partial charge in [-0.15, -0.1) is 11.8 Å². The lowest BCUT2D eigenvalue weighted by Gasteiger charge is -2.34. The summed E-state index contributed by atoms with van der Waals surface area (Å²) in [5, 5.41) is 10.7. The molecule has 0 radical (unpaired) electrons. The molecule has 2 aromatic rings. The molecule has 0 spiro atoms. The lowest BCUT2D eigenvalue weighted by atomic mass is 10.0. The van der Waals surface area contributed by atoms with Gasteiger partial charge in [-0.3, -0.25) is 5.01 Å². The second kappa shape index (κ2) is 7.92. The molecular weight excluding hydrogens is 470 g/mol. The molecule has 11 heteroatoms. The second-order valence-electron chi connectivity index (χ2n) is 8.53. The summed E-state index contributed by atoms with van der Waals surface area (Å²) in [5.41, 5.74) is 8.42. The monoisotopic (exact) mass is 495 g/mol. The van der Waals surface area contributed by atoms with Gasteiger partial charge < -0.3 is 15.4 Å². The highest BCUT2D eigenvalue weighted by molar-refractivity contribution is 9.10. The summed E-state index contributed by atoms with van der Waals surface area (Å²) in [5.74, 6) is 1.42. The van der Waals surface area contributed by atoms with Crippen molar-refractivity contribution in [3.05, 3.63) is 21.9 Å². The largest absolute Gasteiger partial charge is 0.444 e. The molecule has 9 nitrogen and oxygen atoms in total. The summed E-state index contributed by atoms with van der Waals surface area (Å²) in [7, 11) is 1.94. The van der Waals surface area contributed by atoms with Crippen molar-refractivity contribution in [1.29, 1.82) is 0 Å². The Hall–Kier alpha value is -2.01. The molecule has 4 heterocycles. The molecule has 1 amide bonds. The minimum atomic E-state index is -0.526. The van der Waals surface area contributed by atoms with Gasteiger partial charge in [0.1, 0.15) is 11.4 Å². The minimum Gasteiger partial charge on any atom is -0.444 e. The van der Waals surface area contributed by atoms with Crippen LogP contribution in [0.15, 0.2) is 15.8 Å². The molecule has 2 N–H and O–H groups in total. The van der Waals surface area contributed by atoms with Crippen LogP contribution in [0, 0.1) is 0 Å². The van der Waals surface area contributed by atoms with Crippen LogP contribution in [0.25, 0.3) is 5.65 Å². The van der Waals surface area contributed by atoms with Crippen molar-refractivity contribution >= 4 is 51.5 Å². The number of halogens is 1. The average Bonchev–Trinajstić information content (AvgIpc) is 3.29. The molecule has 0 aromatic carbocycles. The first-order valence-electron chi connectivity index (χ1n) is 9.81. The van der Waals surface area contributed by atoms with Crippen LogP contribution >= 0.6 is 27.7 Å². The number of hydrogen-bond donors (Lipinski definition) is 1. The van der Waals surface area contributed by atoms with Crippen LogP contribution in [0.4, 0.5) is 10.6 Å². The number of nitrogens with zero attached hydrogens (tertiary/aromatic N) is 6. The number of ether oxygens (including phenoxy) is 1. The summed E-state index contributed by atoms with van der Waals surface area (Å²) in [6.45, 7) is 7.56. The Balaban J connectivity index is 1.65. The molecular formula is C19H26BrN7O2S. The van der Waals surface area contributed by atoms with Gasteiger partial charge in [0.25, 0.3) is 0 Å². The van der Waals surface area contributed by atoms with Crippen LogP contribution in [0.3, 0.4) is 0 Å². The molecule has 0 aliphatic carbocycles. The van der Waals surface area contributed by atoms with E-state index in [4.69, 9.17) is 15.5 Å². The number of anilines is 1. The second-order valence-corrected chi connectivity index (χ2v) is 10.6. The topological polar surface area (TPSA) is 101 Å². The van der Waals surface area contributed by atoms with Crippen LogP contribution in [-0.2, 0) is 4.74 Å². The number of hydrogen-bond acceptors (Lipinski definition) is 8. The van der Waals surface area contributed by atoms with Gasteiger partial charge in [-0.05, 0) is 36.7 Å². The van der Waals surface area contributed by atoms with E-state index < -0.39 is 5.60 Å². The third-order valence-corrected chi connectivity index (χ3v) is 7.01. The highest BCUT2D eigenvalue weighted by Gasteiger charge is 2.32. The van der Waals surface area contributed by atoms with Gasteiger partial charge in [-0.25, -0.2) is 9.78 Å². The van der Waals surface area contributed by atoms with Crippen molar-refractivity contribution < 1.29 is 9.53 Å². The van der Waals surface area contributed by atoms with E-state index in [1.807, 2.05) is 45.2 Å². The van der Waals surface area contributed by atoms with Crippen molar-refractivity contribution in [3.63, 3.8) is 0 Å². The van der Waals surface area contributed by atoms with Gasteiger partial charge >= 0.3 is 6.09 Å². The Morgan fingerprint density at radius 1 is 1.37 bits per heavy atom. The van der Waals surface area contributed by atoms with E-state index in [9.17, 15) is 4.79 Å². The van der Waals surface area contributed by atoms with Gasteiger partial charge in [0, 0.05) is 50.1 Å². The van der Waals surface area contributed by atoms with Crippen molar-refractivity contribution in [2.75, 3.05) is 38.2 Å². The quantitative estimate of drug-likeness (QED) is 0.682. The SMILES string of the molecule is CN1CC(c2cnn3c(N)c(Br)c(C4CN(C(=O)OC(C)(C)C)CCS4)nc23)C=N1. The van der Waals surface area contributed by atoms with Crippen molar-refractivity contribution in [3.8, 4) is 0 Å². The number of fused-ring (bicyclic) bond motifs is 1. The fraction of sp³-hybridized carbons (Fsp3) is 0.579. The lowest BCUT2D eigenvalue weighted by Crippen LogP contribution is -2.42. The summed E-state index contributed by atoms with van der Waals surface area (Å²) >= 11 is 5.38. The molecule has 1 saturated heterocycles. The first-order valence-corrected chi connectivity index (χ1v) is 11.7. The molecule has 2 aromatic heterocycles. The van der Waals surface area contributed by atoms with Gasteiger partial charge in [0.05, 0.1) is 21.6 Å². The molecule has 1 fully saturated rings. The molecule has 0 bridgehead atoms. The summed E-state index contributed by atoms with van der Waals surface area (Å²) in [6, 6.07) is 0. The Morgan fingerprint density at radius 3 is 2.80 bits per heavy atom. The lowest BCUT2D eigenvalue weighted by molar-refractivity contribution is 0.0256. The van der Waals surface area contributed by atoms with E-state index >= 15 is 0 Å². The zero-order chi connectivity index (χ0) is 21.6. The van der Waals surface area contributed by atoms with E-state index in [1.54, 1.807) is 21.2 Å². The number of aromatic nitrogens is 3. The fourth-order valence-electron chi connectivity index (χ4n) is 3.56. The fourth-order valence-corrected chi connectivity index (χ4v) is 5.47. The normalized spacial score (nSPS) is 22.2. The van der Waals surface area contributed by atoms with Crippen molar-refractivity contribution in [2.24, 2.45) is 5.10 Å². The van der Waals surface area contributed by atoms with E-state index in [1.165, 1.54) is 0 Å². The van der Waals surface area contributed by atoms with Crippen LogP contribution < -0.4 is 5.73 Å². The van der Waals surface area contributed by atoms with E-state index in [0.717, 1.165) is 29.2 Å². The summed E-state index contributed by atoms with van der Waals surface area (Å²) in [6.07, 6.45) is 3.43. The Labute approximate surface area is 188 Å². The molecule has 0 saturated carbocycles. The maximum atomic E-state index is 12.6. The molecule has 162 valence electrons. The molecule has 4 rings (SSSR count). The van der Waals surface area contributed by atoms with Crippen LogP contribution in [-0.4, -0.2) is 74.9 Å². The first kappa shape index (κ1) is 21.2. The predicted molar refractivity (Wildman–Crippen MR) is 122 cm³/mol. The number of likely N-dealkylation sites (N-methyl/N-ethyl adjacent to an activating group) is 1. The summed E-state index contributed by atoms with van der Waals surface area (Å²) < 4.78 is 7.93. The molecule has 2 aliphatic heterocycles. The Bertz CT molecular complexity index is 1000. The highest BCUT2D eigenvalue weighted by Crippen LogP contribution is 2.39. The van der Waals surface area contributed by atoms with Gasteiger partial charge in [0.2, 0.25) is 0 Å². The zero-order valence-corrected chi connectivity index (χ0v) is 19.9. The molecule has 30 heavy (non-hydrogen) atoms. The number of rotatable bonds is 2. The van der Waals surface area contributed by atoms with E-state index in [2.05, 4.69) is 26.1 Å². The maximum Gasteiger partial charge on any atom is 0.410 e. The van der Waals surface area contributed by atoms with E-state index in [-0.39, 0.29) is 17.3 Å². The third-order valence-electron chi connectivity index (χ3n) is 5.00. The summed E-state index contributed by atoms with van der Waals surface area (Å²) in [4.78, 5) is 19.3. The number of hydrazone groups is 1. The van der Waals surface area contributed by atoms with Gasteiger partial charge in [-0.2, -0.15) is 14.7 Å². The van der Waals surface area contributed by atoms with E-state index in [0.29, 0.717) is 23.4 Å². The Morgan fingerprint density at radius 2 is 2.13 bits per heavy atom. The number of amides is 1. The van der Waals surface area contributed by atoms with Gasteiger partial charge in [-0.1, -0.05) is 0 Å². The maximum absolute atomic E-state index is 12.6. The number of nitrogens with two attached hydrogens (primary N) is 1. The number of nitrogen functional groups attached to an aromatic ring is 1. The number of thioether (sulfide) groups is 1. The van der Waals surface area contributed by atoms with Crippen LogP contribution in [0.5, 0.6) is 0 Å². The first-order chi connectivity index (χ1) is 14.1. The van der Waals surface area contributed by atoms with Crippen LogP contribution in [0.2, 0.25) is 0 Å².